The van der Waals surface area contributed by atoms with Gasteiger partial charge < -0.3 is 15.4 Å². The summed E-state index contributed by atoms with van der Waals surface area (Å²) in [6.45, 7) is 3.50. The van der Waals surface area contributed by atoms with Crippen LogP contribution in [0, 0.1) is 6.92 Å². The van der Waals surface area contributed by atoms with Crippen LogP contribution in [0.5, 0.6) is 5.75 Å². The summed E-state index contributed by atoms with van der Waals surface area (Å²) in [6.07, 6.45) is 2.64. The maximum absolute atomic E-state index is 5.79. The molecule has 0 atom stereocenters. The molecule has 1 heterocycles. The first kappa shape index (κ1) is 21.5. The third-order valence-corrected chi connectivity index (χ3v) is 3.75. The van der Waals surface area contributed by atoms with Crippen LogP contribution >= 0.6 is 35.6 Å². The van der Waals surface area contributed by atoms with E-state index < -0.39 is 0 Å². The van der Waals surface area contributed by atoms with E-state index in [2.05, 4.69) is 33.6 Å². The molecule has 0 spiro atoms. The standard InChI is InChI=1S/C18H23ClN4O.HI/c1-13-8-15(10-16(9-13)24-3)12-23-18(20-2)21-7-6-14-4-5-17(19)22-11-14;/h4-5,8-11H,6-7,12H2,1-3H3,(H2,20,21,23);1H. The molecule has 0 aliphatic heterocycles. The van der Waals surface area contributed by atoms with Gasteiger partial charge in [-0.2, -0.15) is 0 Å². The first-order valence-corrected chi connectivity index (χ1v) is 8.18. The normalized spacial score (nSPS) is 10.8. The Morgan fingerprint density at radius 1 is 1.20 bits per heavy atom. The molecule has 2 aromatic rings. The minimum atomic E-state index is 0. The Kier molecular flexibility index (Phi) is 9.59. The molecular formula is C18H24ClIN4O. The molecule has 0 radical (unpaired) electrons. The lowest BCUT2D eigenvalue weighted by Gasteiger charge is -2.13. The van der Waals surface area contributed by atoms with E-state index in [-0.39, 0.29) is 24.0 Å². The van der Waals surface area contributed by atoms with Crippen LogP contribution < -0.4 is 15.4 Å². The third kappa shape index (κ3) is 7.48. The number of nitrogens with one attached hydrogen (secondary N) is 2. The Morgan fingerprint density at radius 3 is 2.64 bits per heavy atom. The molecule has 0 aliphatic rings. The number of ether oxygens (including phenoxy) is 1. The first-order valence-electron chi connectivity index (χ1n) is 7.80. The van der Waals surface area contributed by atoms with Gasteiger partial charge in [0.15, 0.2) is 5.96 Å². The molecule has 5 nitrogen and oxygen atoms in total. The quantitative estimate of drug-likeness (QED) is 0.291. The fourth-order valence-corrected chi connectivity index (χ4v) is 2.44. The summed E-state index contributed by atoms with van der Waals surface area (Å²) in [7, 11) is 3.44. The Labute approximate surface area is 171 Å². The lowest BCUT2D eigenvalue weighted by Crippen LogP contribution is -2.37. The van der Waals surface area contributed by atoms with E-state index in [9.17, 15) is 0 Å². The Morgan fingerprint density at radius 2 is 2.00 bits per heavy atom. The smallest absolute Gasteiger partial charge is 0.191 e. The number of benzene rings is 1. The molecule has 0 amide bonds. The van der Waals surface area contributed by atoms with Crippen molar-refractivity contribution in [1.82, 2.24) is 15.6 Å². The number of pyridine rings is 1. The largest absolute Gasteiger partial charge is 0.497 e. The number of methoxy groups -OCH3 is 1. The van der Waals surface area contributed by atoms with E-state index in [4.69, 9.17) is 16.3 Å². The van der Waals surface area contributed by atoms with Crippen LogP contribution in [0.3, 0.4) is 0 Å². The zero-order valence-corrected chi connectivity index (χ0v) is 17.8. The average molecular weight is 475 g/mol. The zero-order valence-electron chi connectivity index (χ0n) is 14.7. The van der Waals surface area contributed by atoms with E-state index in [1.54, 1.807) is 26.4 Å². The van der Waals surface area contributed by atoms with Crippen molar-refractivity contribution in [2.75, 3.05) is 20.7 Å². The lowest BCUT2D eigenvalue weighted by molar-refractivity contribution is 0.414. The highest BCUT2D eigenvalue weighted by molar-refractivity contribution is 14.0. The number of nitrogens with zero attached hydrogens (tertiary/aromatic N) is 2. The highest BCUT2D eigenvalue weighted by atomic mass is 127. The van der Waals surface area contributed by atoms with Crippen molar-refractivity contribution in [3.05, 3.63) is 58.4 Å². The van der Waals surface area contributed by atoms with Crippen molar-refractivity contribution >= 4 is 41.5 Å². The summed E-state index contributed by atoms with van der Waals surface area (Å²) in [5.74, 6) is 1.63. The van der Waals surface area contributed by atoms with Crippen LogP contribution in [0.4, 0.5) is 0 Å². The van der Waals surface area contributed by atoms with Crippen molar-refractivity contribution in [3.8, 4) is 5.75 Å². The number of aliphatic imine (C=N–C) groups is 1. The van der Waals surface area contributed by atoms with E-state index in [0.29, 0.717) is 11.7 Å². The predicted octanol–water partition coefficient (Wildman–Crippen LogP) is 3.58. The van der Waals surface area contributed by atoms with Gasteiger partial charge in [-0.1, -0.05) is 23.7 Å². The van der Waals surface area contributed by atoms with Crippen LogP contribution in [0.2, 0.25) is 5.15 Å². The molecule has 0 saturated carbocycles. The first-order chi connectivity index (χ1) is 11.6. The Balaban J connectivity index is 0.00000312. The maximum atomic E-state index is 5.79. The predicted molar refractivity (Wildman–Crippen MR) is 114 cm³/mol. The summed E-state index contributed by atoms with van der Waals surface area (Å²) in [4.78, 5) is 8.32. The van der Waals surface area contributed by atoms with Gasteiger partial charge in [-0.25, -0.2) is 4.98 Å². The van der Waals surface area contributed by atoms with Crippen LogP contribution in [-0.4, -0.2) is 31.6 Å². The zero-order chi connectivity index (χ0) is 17.4. The molecule has 0 saturated heterocycles. The lowest BCUT2D eigenvalue weighted by atomic mass is 10.1. The summed E-state index contributed by atoms with van der Waals surface area (Å²) >= 11 is 5.79. The fourth-order valence-electron chi connectivity index (χ4n) is 2.33. The minimum Gasteiger partial charge on any atom is -0.497 e. The van der Waals surface area contributed by atoms with Gasteiger partial charge in [-0.15, -0.1) is 24.0 Å². The van der Waals surface area contributed by atoms with Gasteiger partial charge in [0.05, 0.1) is 7.11 Å². The van der Waals surface area contributed by atoms with Crippen molar-refractivity contribution in [3.63, 3.8) is 0 Å². The van der Waals surface area contributed by atoms with Gasteiger partial charge >= 0.3 is 0 Å². The number of halogens is 2. The second kappa shape index (κ2) is 11.1. The number of guanidine groups is 1. The van der Waals surface area contributed by atoms with E-state index in [1.165, 1.54) is 5.56 Å². The number of rotatable bonds is 6. The molecule has 1 aromatic carbocycles. The molecule has 0 unspecified atom stereocenters. The van der Waals surface area contributed by atoms with Crippen LogP contribution in [0.15, 0.2) is 41.5 Å². The molecule has 0 bridgehead atoms. The molecule has 136 valence electrons. The van der Waals surface area contributed by atoms with Crippen LogP contribution in [-0.2, 0) is 13.0 Å². The molecule has 25 heavy (non-hydrogen) atoms. The monoisotopic (exact) mass is 474 g/mol. The average Bonchev–Trinajstić information content (AvgIpc) is 2.59. The number of hydrogen-bond acceptors (Lipinski definition) is 3. The van der Waals surface area contributed by atoms with Gasteiger partial charge in [0.1, 0.15) is 10.9 Å². The summed E-state index contributed by atoms with van der Waals surface area (Å²) < 4.78 is 5.30. The highest BCUT2D eigenvalue weighted by Crippen LogP contribution is 2.16. The van der Waals surface area contributed by atoms with Crippen LogP contribution in [0.1, 0.15) is 16.7 Å². The summed E-state index contributed by atoms with van der Waals surface area (Å²) in [6, 6.07) is 9.94. The molecule has 1 aromatic heterocycles. The van der Waals surface area contributed by atoms with Gasteiger partial charge in [0.25, 0.3) is 0 Å². The van der Waals surface area contributed by atoms with Crippen molar-refractivity contribution in [2.24, 2.45) is 4.99 Å². The van der Waals surface area contributed by atoms with E-state index in [1.807, 2.05) is 18.2 Å². The van der Waals surface area contributed by atoms with Crippen molar-refractivity contribution in [2.45, 2.75) is 19.9 Å². The molecule has 7 heteroatoms. The minimum absolute atomic E-state index is 0. The summed E-state index contributed by atoms with van der Waals surface area (Å²) in [5.41, 5.74) is 3.45. The van der Waals surface area contributed by atoms with E-state index >= 15 is 0 Å². The van der Waals surface area contributed by atoms with E-state index in [0.717, 1.165) is 35.8 Å². The van der Waals surface area contributed by atoms with Crippen molar-refractivity contribution in [1.29, 1.82) is 0 Å². The SMILES string of the molecule is CN=C(NCCc1ccc(Cl)nc1)NCc1cc(C)cc(OC)c1.I. The Bertz CT molecular complexity index is 692. The fraction of sp³-hybridized carbons (Fsp3) is 0.333. The van der Waals surface area contributed by atoms with Gasteiger partial charge in [0.2, 0.25) is 0 Å². The number of aromatic nitrogens is 1. The number of hydrogen-bond donors (Lipinski definition) is 2. The molecule has 2 rings (SSSR count). The highest BCUT2D eigenvalue weighted by Gasteiger charge is 2.02. The van der Waals surface area contributed by atoms with Gasteiger partial charge in [0, 0.05) is 26.3 Å². The van der Waals surface area contributed by atoms with Crippen LogP contribution in [0.25, 0.3) is 0 Å². The van der Waals surface area contributed by atoms with Gasteiger partial charge in [-0.05, 0) is 48.2 Å². The second-order valence-electron chi connectivity index (χ2n) is 5.45. The van der Waals surface area contributed by atoms with Gasteiger partial charge in [-0.3, -0.25) is 4.99 Å². The third-order valence-electron chi connectivity index (χ3n) is 3.52. The summed E-state index contributed by atoms with van der Waals surface area (Å²) in [5, 5.41) is 7.11. The maximum Gasteiger partial charge on any atom is 0.191 e. The number of aryl methyl sites for hydroxylation is 1. The molecule has 0 aliphatic carbocycles. The second-order valence-corrected chi connectivity index (χ2v) is 5.84. The Hall–Kier alpha value is -1.54. The molecule has 0 fully saturated rings. The molecular weight excluding hydrogens is 451 g/mol. The van der Waals surface area contributed by atoms with Crippen molar-refractivity contribution < 1.29 is 4.74 Å². The molecule has 2 N–H and O–H groups in total. The topological polar surface area (TPSA) is 58.5 Å².